The Bertz CT molecular complexity index is 337. The van der Waals surface area contributed by atoms with Crippen LogP contribution in [0.1, 0.15) is 72.1 Å². The van der Waals surface area contributed by atoms with Gasteiger partial charge in [-0.25, -0.2) is 0 Å². The van der Waals surface area contributed by atoms with E-state index in [0.29, 0.717) is 31.1 Å². The van der Waals surface area contributed by atoms with Gasteiger partial charge in [0, 0.05) is 12.0 Å². The molecule has 1 rings (SSSR count). The molecule has 0 saturated heterocycles. The molecular weight excluding hydrogens is 254 g/mol. The van der Waals surface area contributed by atoms with E-state index in [-0.39, 0.29) is 12.3 Å². The Kier molecular flexibility index (Phi) is 6.50. The highest BCUT2D eigenvalue weighted by Gasteiger charge is 2.32. The van der Waals surface area contributed by atoms with E-state index in [1.54, 1.807) is 0 Å². The zero-order chi connectivity index (χ0) is 15.2. The van der Waals surface area contributed by atoms with E-state index in [2.05, 4.69) is 12.2 Å². The monoisotopic (exact) mass is 283 g/mol. The number of hydrogen-bond donors (Lipinski definition) is 2. The molecule has 2 N–H and O–H groups in total. The summed E-state index contributed by atoms with van der Waals surface area (Å²) in [6, 6.07) is 0. The lowest BCUT2D eigenvalue weighted by Gasteiger charge is -2.33. The smallest absolute Gasteiger partial charge is 0.305 e. The molecule has 2 atom stereocenters. The van der Waals surface area contributed by atoms with Crippen LogP contribution in [0.4, 0.5) is 0 Å². The number of aliphatic carboxylic acids is 1. The maximum atomic E-state index is 12.2. The quantitative estimate of drug-likeness (QED) is 0.753. The lowest BCUT2D eigenvalue weighted by molar-refractivity contribution is -0.139. The Morgan fingerprint density at radius 2 is 1.90 bits per heavy atom. The van der Waals surface area contributed by atoms with Crippen LogP contribution in [0.2, 0.25) is 0 Å². The van der Waals surface area contributed by atoms with Crippen LogP contribution in [0.5, 0.6) is 0 Å². The standard InChI is InChI=1S/C16H29NO3/c1-4-16(5-2,11-15(19)20)17-14(18)10-13-8-6-7-12(3)9-13/h12-13H,4-11H2,1-3H3,(H,17,18)(H,19,20). The molecule has 1 amide bonds. The average Bonchev–Trinajstić information content (AvgIpc) is 2.37. The summed E-state index contributed by atoms with van der Waals surface area (Å²) in [6.07, 6.45) is 6.59. The van der Waals surface area contributed by atoms with Gasteiger partial charge in [-0.15, -0.1) is 0 Å². The van der Waals surface area contributed by atoms with Crippen LogP contribution in [-0.4, -0.2) is 22.5 Å². The summed E-state index contributed by atoms with van der Waals surface area (Å²) < 4.78 is 0. The summed E-state index contributed by atoms with van der Waals surface area (Å²) >= 11 is 0. The Balaban J connectivity index is 2.55. The Labute approximate surface area is 122 Å². The third-order valence-corrected chi connectivity index (χ3v) is 4.77. The molecule has 0 aliphatic heterocycles. The van der Waals surface area contributed by atoms with Crippen LogP contribution in [-0.2, 0) is 9.59 Å². The van der Waals surface area contributed by atoms with Gasteiger partial charge in [0.1, 0.15) is 0 Å². The summed E-state index contributed by atoms with van der Waals surface area (Å²) in [5.74, 6) is 0.354. The lowest BCUT2D eigenvalue weighted by Crippen LogP contribution is -2.49. The van der Waals surface area contributed by atoms with Gasteiger partial charge >= 0.3 is 5.97 Å². The van der Waals surface area contributed by atoms with E-state index < -0.39 is 11.5 Å². The van der Waals surface area contributed by atoms with Gasteiger partial charge in [-0.3, -0.25) is 9.59 Å². The summed E-state index contributed by atoms with van der Waals surface area (Å²) in [4.78, 5) is 23.2. The molecule has 20 heavy (non-hydrogen) atoms. The molecule has 0 aromatic heterocycles. The second kappa shape index (κ2) is 7.65. The number of carbonyl (C=O) groups is 2. The first-order valence-corrected chi connectivity index (χ1v) is 7.93. The van der Waals surface area contributed by atoms with E-state index in [0.717, 1.165) is 12.8 Å². The predicted molar refractivity (Wildman–Crippen MR) is 79.4 cm³/mol. The van der Waals surface area contributed by atoms with Crippen molar-refractivity contribution in [3.8, 4) is 0 Å². The minimum Gasteiger partial charge on any atom is -0.481 e. The Morgan fingerprint density at radius 3 is 2.40 bits per heavy atom. The molecule has 0 aromatic carbocycles. The Hall–Kier alpha value is -1.06. The maximum Gasteiger partial charge on any atom is 0.305 e. The fourth-order valence-electron chi connectivity index (χ4n) is 3.36. The van der Waals surface area contributed by atoms with Gasteiger partial charge in [-0.2, -0.15) is 0 Å². The fraction of sp³-hybridized carbons (Fsp3) is 0.875. The van der Waals surface area contributed by atoms with Gasteiger partial charge in [0.05, 0.1) is 6.42 Å². The molecule has 1 saturated carbocycles. The van der Waals surface area contributed by atoms with Crippen LogP contribution < -0.4 is 5.32 Å². The van der Waals surface area contributed by atoms with E-state index in [1.165, 1.54) is 12.8 Å². The van der Waals surface area contributed by atoms with Crippen molar-refractivity contribution >= 4 is 11.9 Å². The minimum absolute atomic E-state index is 0.00676. The second-order valence-electron chi connectivity index (χ2n) is 6.45. The fourth-order valence-corrected chi connectivity index (χ4v) is 3.36. The van der Waals surface area contributed by atoms with Crippen molar-refractivity contribution in [2.45, 2.75) is 77.7 Å². The van der Waals surface area contributed by atoms with Gasteiger partial charge in [0.15, 0.2) is 0 Å². The first-order valence-electron chi connectivity index (χ1n) is 7.93. The van der Waals surface area contributed by atoms with Crippen molar-refractivity contribution in [3.63, 3.8) is 0 Å². The molecule has 1 aliphatic rings. The van der Waals surface area contributed by atoms with Crippen molar-refractivity contribution in [3.05, 3.63) is 0 Å². The van der Waals surface area contributed by atoms with Gasteiger partial charge < -0.3 is 10.4 Å². The molecular formula is C16H29NO3. The number of carbonyl (C=O) groups excluding carboxylic acids is 1. The van der Waals surface area contributed by atoms with E-state index in [1.807, 2.05) is 13.8 Å². The average molecular weight is 283 g/mol. The van der Waals surface area contributed by atoms with Gasteiger partial charge in [0.2, 0.25) is 5.91 Å². The van der Waals surface area contributed by atoms with Crippen LogP contribution >= 0.6 is 0 Å². The van der Waals surface area contributed by atoms with Crippen LogP contribution in [0.25, 0.3) is 0 Å². The number of hydrogen-bond acceptors (Lipinski definition) is 2. The molecule has 0 radical (unpaired) electrons. The topological polar surface area (TPSA) is 66.4 Å². The molecule has 0 spiro atoms. The molecule has 2 unspecified atom stereocenters. The first-order chi connectivity index (χ1) is 9.40. The van der Waals surface area contributed by atoms with E-state index >= 15 is 0 Å². The van der Waals surface area contributed by atoms with E-state index in [9.17, 15) is 9.59 Å². The molecule has 4 nitrogen and oxygen atoms in total. The minimum atomic E-state index is -0.847. The number of rotatable bonds is 7. The van der Waals surface area contributed by atoms with E-state index in [4.69, 9.17) is 5.11 Å². The maximum absolute atomic E-state index is 12.2. The highest BCUT2D eigenvalue weighted by molar-refractivity contribution is 5.78. The number of amides is 1. The zero-order valence-corrected chi connectivity index (χ0v) is 13.1. The molecule has 0 aromatic rings. The predicted octanol–water partition coefficient (Wildman–Crippen LogP) is 3.35. The van der Waals surface area contributed by atoms with Crippen molar-refractivity contribution in [2.24, 2.45) is 11.8 Å². The van der Waals surface area contributed by atoms with Gasteiger partial charge in [0.25, 0.3) is 0 Å². The number of nitrogens with one attached hydrogen (secondary N) is 1. The van der Waals surface area contributed by atoms with Crippen molar-refractivity contribution in [1.29, 1.82) is 0 Å². The second-order valence-corrected chi connectivity index (χ2v) is 6.45. The SMILES string of the molecule is CCC(CC)(CC(=O)O)NC(=O)CC1CCCC(C)C1. The summed E-state index contributed by atoms with van der Waals surface area (Å²) in [6.45, 7) is 6.13. The molecule has 4 heteroatoms. The lowest BCUT2D eigenvalue weighted by atomic mass is 9.80. The van der Waals surface area contributed by atoms with Crippen molar-refractivity contribution in [1.82, 2.24) is 5.32 Å². The third kappa shape index (κ3) is 5.14. The van der Waals surface area contributed by atoms with Gasteiger partial charge in [-0.1, -0.05) is 33.6 Å². The molecule has 0 bridgehead atoms. The summed E-state index contributed by atoms with van der Waals surface area (Å²) in [7, 11) is 0. The molecule has 116 valence electrons. The summed E-state index contributed by atoms with van der Waals surface area (Å²) in [5, 5.41) is 12.0. The van der Waals surface area contributed by atoms with Crippen LogP contribution in [0.15, 0.2) is 0 Å². The Morgan fingerprint density at radius 1 is 1.25 bits per heavy atom. The molecule has 1 fully saturated rings. The first kappa shape index (κ1) is 17.0. The van der Waals surface area contributed by atoms with Crippen LogP contribution in [0.3, 0.4) is 0 Å². The zero-order valence-electron chi connectivity index (χ0n) is 13.1. The van der Waals surface area contributed by atoms with Crippen LogP contribution in [0, 0.1) is 11.8 Å². The highest BCUT2D eigenvalue weighted by Crippen LogP contribution is 2.31. The molecule has 1 aliphatic carbocycles. The van der Waals surface area contributed by atoms with Crippen molar-refractivity contribution in [2.75, 3.05) is 0 Å². The number of carboxylic acid groups (broad SMARTS) is 1. The normalized spacial score (nSPS) is 23.4. The summed E-state index contributed by atoms with van der Waals surface area (Å²) in [5.41, 5.74) is -0.580. The third-order valence-electron chi connectivity index (χ3n) is 4.77. The van der Waals surface area contributed by atoms with Crippen molar-refractivity contribution < 1.29 is 14.7 Å². The molecule has 0 heterocycles. The number of carboxylic acids is 1. The van der Waals surface area contributed by atoms with Gasteiger partial charge in [-0.05, 0) is 37.5 Å². The largest absolute Gasteiger partial charge is 0.481 e. The highest BCUT2D eigenvalue weighted by atomic mass is 16.4.